The van der Waals surface area contributed by atoms with Crippen molar-refractivity contribution in [2.24, 2.45) is 0 Å². The number of carbonyl (C=O) groups is 6. The molecule has 18 heteroatoms. The minimum absolute atomic E-state index is 0. The standard InChI is InChI=1S/C17H16N2O7.C15H12N2O7.CH4/c1-25-13-5-3-9(7-11(13)15(20)21)18-17(24)19-10-4-6-14(26-2)12(8-10)16(22)23;18-11-3-1-7(5-9(11)13(20)21)16-15(24)17-8-2-4-12(19)10(6-8)14(22)23;/h3-8H,1-2H3,(H,20,21)(H,22,23)(H2,18,19,24);1-6,18-19H,(H,20,21)(H,22,23)(H2,16,17,24);1H4. The number of phenols is 2. The Bertz CT molecular complexity index is 1840. The molecule has 4 aromatic carbocycles. The SMILES string of the molecule is C.COc1ccc(NC(=O)Nc2ccc(OC)c(C(=O)O)c2)cc1C(=O)O.O=C(Nc1ccc(O)c(C(=O)O)c1)Nc1ccc(O)c(C(=O)O)c1. The fourth-order valence-corrected chi connectivity index (χ4v) is 4.06. The molecule has 0 spiro atoms. The van der Waals surface area contributed by atoms with E-state index in [2.05, 4.69) is 21.3 Å². The largest absolute Gasteiger partial charge is 0.507 e. The normalized spacial score (nSPS) is 9.76. The molecule has 268 valence electrons. The molecule has 0 saturated heterocycles. The number of benzene rings is 4. The average molecular weight is 709 g/mol. The summed E-state index contributed by atoms with van der Waals surface area (Å²) in [6.07, 6.45) is 0. The molecule has 4 rings (SSSR count). The molecule has 0 radical (unpaired) electrons. The molecule has 51 heavy (non-hydrogen) atoms. The van der Waals surface area contributed by atoms with Crippen molar-refractivity contribution in [1.29, 1.82) is 0 Å². The Morgan fingerprint density at radius 3 is 0.961 bits per heavy atom. The van der Waals surface area contributed by atoms with Crippen LogP contribution in [0.2, 0.25) is 0 Å². The highest BCUT2D eigenvalue weighted by molar-refractivity contribution is 6.03. The topological polar surface area (TPSA) is 290 Å². The second kappa shape index (κ2) is 17.6. The van der Waals surface area contributed by atoms with Crippen LogP contribution in [-0.2, 0) is 0 Å². The maximum Gasteiger partial charge on any atom is 0.339 e. The Kier molecular flexibility index (Phi) is 13.7. The van der Waals surface area contributed by atoms with Gasteiger partial charge in [0.15, 0.2) is 0 Å². The van der Waals surface area contributed by atoms with Crippen molar-refractivity contribution in [3.63, 3.8) is 0 Å². The lowest BCUT2D eigenvalue weighted by atomic mass is 10.1. The minimum Gasteiger partial charge on any atom is -0.507 e. The van der Waals surface area contributed by atoms with Gasteiger partial charge in [-0.1, -0.05) is 7.43 Å². The van der Waals surface area contributed by atoms with Gasteiger partial charge in [-0.15, -0.1) is 0 Å². The van der Waals surface area contributed by atoms with E-state index in [1.54, 1.807) is 0 Å². The van der Waals surface area contributed by atoms with E-state index >= 15 is 0 Å². The Hall–Kier alpha value is -7.50. The number of carbonyl (C=O) groups excluding carboxylic acids is 2. The van der Waals surface area contributed by atoms with Crippen LogP contribution in [0.1, 0.15) is 48.9 Å². The Morgan fingerprint density at radius 1 is 0.451 bits per heavy atom. The number of aromatic hydroxyl groups is 2. The molecule has 10 N–H and O–H groups in total. The summed E-state index contributed by atoms with van der Waals surface area (Å²) in [4.78, 5) is 68.2. The first-order valence-electron chi connectivity index (χ1n) is 13.7. The molecular weight excluding hydrogens is 676 g/mol. The number of hydrogen-bond acceptors (Lipinski definition) is 10. The lowest BCUT2D eigenvalue weighted by Crippen LogP contribution is -2.20. The van der Waals surface area contributed by atoms with E-state index in [0.717, 1.165) is 24.3 Å². The van der Waals surface area contributed by atoms with Gasteiger partial charge in [-0.05, 0) is 72.8 Å². The summed E-state index contributed by atoms with van der Waals surface area (Å²) in [6.45, 7) is 0. The van der Waals surface area contributed by atoms with E-state index in [1.165, 1.54) is 62.8 Å². The monoisotopic (exact) mass is 708 g/mol. The predicted octanol–water partition coefficient (Wildman–Crippen LogP) is 5.52. The van der Waals surface area contributed by atoms with Crippen molar-refractivity contribution >= 4 is 58.7 Å². The molecule has 0 atom stereocenters. The van der Waals surface area contributed by atoms with Gasteiger partial charge in [0.1, 0.15) is 45.3 Å². The molecule has 0 aliphatic rings. The molecule has 0 heterocycles. The van der Waals surface area contributed by atoms with Crippen molar-refractivity contribution < 1.29 is 68.9 Å². The first kappa shape index (κ1) is 39.7. The number of hydrogen-bond donors (Lipinski definition) is 10. The van der Waals surface area contributed by atoms with Crippen LogP contribution in [0.15, 0.2) is 72.8 Å². The quantitative estimate of drug-likeness (QED) is 0.0908. The molecule has 18 nitrogen and oxygen atoms in total. The van der Waals surface area contributed by atoms with Gasteiger partial charge in [-0.3, -0.25) is 0 Å². The van der Waals surface area contributed by atoms with Crippen LogP contribution in [0, 0.1) is 0 Å². The molecule has 0 bridgehead atoms. The fourth-order valence-electron chi connectivity index (χ4n) is 4.06. The highest BCUT2D eigenvalue weighted by Crippen LogP contribution is 2.26. The van der Waals surface area contributed by atoms with Gasteiger partial charge in [0.05, 0.1) is 14.2 Å². The first-order valence-corrected chi connectivity index (χ1v) is 13.7. The van der Waals surface area contributed by atoms with E-state index < -0.39 is 47.4 Å². The van der Waals surface area contributed by atoms with Crippen molar-refractivity contribution in [2.45, 2.75) is 7.43 Å². The number of carboxylic acid groups (broad SMARTS) is 4. The van der Waals surface area contributed by atoms with Crippen LogP contribution in [0.4, 0.5) is 32.3 Å². The summed E-state index contributed by atoms with van der Waals surface area (Å²) in [7, 11) is 2.68. The van der Waals surface area contributed by atoms with E-state index in [0.29, 0.717) is 0 Å². The lowest BCUT2D eigenvalue weighted by molar-refractivity contribution is 0.0682. The number of rotatable bonds is 10. The molecule has 0 fully saturated rings. The third-order valence-corrected chi connectivity index (χ3v) is 6.35. The van der Waals surface area contributed by atoms with E-state index in [4.69, 9.17) is 29.9 Å². The number of ether oxygens (including phenoxy) is 2. The van der Waals surface area contributed by atoms with Gasteiger partial charge < -0.3 is 61.4 Å². The molecule has 0 aliphatic carbocycles. The Balaban J connectivity index is 0.000000348. The molecule has 0 aromatic heterocycles. The molecular formula is C33H32N4O14. The zero-order valence-electron chi connectivity index (χ0n) is 25.9. The van der Waals surface area contributed by atoms with Gasteiger partial charge in [-0.25, -0.2) is 28.8 Å². The van der Waals surface area contributed by atoms with E-state index in [9.17, 15) is 39.0 Å². The second-order valence-corrected chi connectivity index (χ2v) is 9.67. The molecule has 0 aliphatic heterocycles. The smallest absolute Gasteiger partial charge is 0.339 e. The molecule has 4 amide bonds. The van der Waals surface area contributed by atoms with Crippen molar-refractivity contribution in [3.05, 3.63) is 95.1 Å². The first-order chi connectivity index (χ1) is 23.6. The van der Waals surface area contributed by atoms with Crippen LogP contribution >= 0.6 is 0 Å². The van der Waals surface area contributed by atoms with Gasteiger partial charge in [-0.2, -0.15) is 0 Å². The number of aromatic carboxylic acids is 4. The summed E-state index contributed by atoms with van der Waals surface area (Å²) in [6, 6.07) is 13.8. The number of amides is 4. The highest BCUT2D eigenvalue weighted by atomic mass is 16.5. The second-order valence-electron chi connectivity index (χ2n) is 9.67. The van der Waals surface area contributed by atoms with Gasteiger partial charge >= 0.3 is 35.9 Å². The maximum atomic E-state index is 12.1. The Labute approximate surface area is 288 Å². The number of urea groups is 2. The average Bonchev–Trinajstić information content (AvgIpc) is 3.06. The molecule has 0 unspecified atom stereocenters. The van der Waals surface area contributed by atoms with Gasteiger partial charge in [0.2, 0.25) is 0 Å². The summed E-state index contributed by atoms with van der Waals surface area (Å²) in [5, 5.41) is 64.5. The van der Waals surface area contributed by atoms with Gasteiger partial charge in [0, 0.05) is 22.7 Å². The fraction of sp³-hybridized carbons (Fsp3) is 0.0909. The van der Waals surface area contributed by atoms with Crippen LogP contribution in [0.5, 0.6) is 23.0 Å². The zero-order valence-corrected chi connectivity index (χ0v) is 25.9. The molecule has 4 aromatic rings. The summed E-state index contributed by atoms with van der Waals surface area (Å²) >= 11 is 0. The number of methoxy groups -OCH3 is 2. The summed E-state index contributed by atoms with van der Waals surface area (Å²) < 4.78 is 9.89. The van der Waals surface area contributed by atoms with Crippen molar-refractivity contribution in [2.75, 3.05) is 35.5 Å². The minimum atomic E-state index is -1.36. The predicted molar refractivity (Wildman–Crippen MR) is 182 cm³/mol. The molecule has 0 saturated carbocycles. The van der Waals surface area contributed by atoms with Crippen LogP contribution in [-0.4, -0.2) is 80.8 Å². The van der Waals surface area contributed by atoms with Crippen LogP contribution in [0.3, 0.4) is 0 Å². The summed E-state index contributed by atoms with van der Waals surface area (Å²) in [5.74, 6) is -5.70. The third-order valence-electron chi connectivity index (χ3n) is 6.35. The lowest BCUT2D eigenvalue weighted by Gasteiger charge is -2.11. The van der Waals surface area contributed by atoms with Crippen molar-refractivity contribution in [3.8, 4) is 23.0 Å². The highest BCUT2D eigenvalue weighted by Gasteiger charge is 2.16. The number of nitrogens with one attached hydrogen (secondary N) is 4. The number of anilines is 4. The summed E-state index contributed by atoms with van der Waals surface area (Å²) in [5.41, 5.74) is -0.303. The van der Waals surface area contributed by atoms with Crippen LogP contribution < -0.4 is 30.7 Å². The maximum absolute atomic E-state index is 12.1. The zero-order chi connectivity index (χ0) is 37.1. The van der Waals surface area contributed by atoms with E-state index in [-0.39, 0.29) is 63.9 Å². The Morgan fingerprint density at radius 2 is 0.706 bits per heavy atom. The van der Waals surface area contributed by atoms with Crippen LogP contribution in [0.25, 0.3) is 0 Å². The van der Waals surface area contributed by atoms with Crippen molar-refractivity contribution in [1.82, 2.24) is 0 Å². The van der Waals surface area contributed by atoms with E-state index in [1.807, 2.05) is 0 Å². The third kappa shape index (κ3) is 10.8. The number of carboxylic acids is 4. The van der Waals surface area contributed by atoms with Gasteiger partial charge in [0.25, 0.3) is 0 Å².